The average Bonchev–Trinajstić information content (AvgIpc) is 2.95. The SMILES string of the molecule is CN(CCO)C(=O)CCc1ccc(-c2ccccc2)o1. The Labute approximate surface area is 118 Å². The number of aliphatic hydroxyl groups excluding tert-OH is 1. The highest BCUT2D eigenvalue weighted by molar-refractivity contribution is 5.76. The van der Waals surface area contributed by atoms with Gasteiger partial charge in [0.2, 0.25) is 5.91 Å². The number of hydrogen-bond acceptors (Lipinski definition) is 3. The van der Waals surface area contributed by atoms with E-state index >= 15 is 0 Å². The summed E-state index contributed by atoms with van der Waals surface area (Å²) >= 11 is 0. The normalized spacial score (nSPS) is 10.5. The van der Waals surface area contributed by atoms with Gasteiger partial charge in [-0.05, 0) is 12.1 Å². The summed E-state index contributed by atoms with van der Waals surface area (Å²) < 4.78 is 5.74. The number of aryl methyl sites for hydroxylation is 1. The first-order chi connectivity index (χ1) is 9.70. The van der Waals surface area contributed by atoms with Crippen LogP contribution in [0.3, 0.4) is 0 Å². The molecule has 1 aromatic heterocycles. The first kappa shape index (κ1) is 14.3. The van der Waals surface area contributed by atoms with Gasteiger partial charge in [0.05, 0.1) is 6.61 Å². The van der Waals surface area contributed by atoms with E-state index in [0.29, 0.717) is 19.4 Å². The Morgan fingerprint density at radius 2 is 1.95 bits per heavy atom. The van der Waals surface area contributed by atoms with Gasteiger partial charge in [0.15, 0.2) is 0 Å². The fraction of sp³-hybridized carbons (Fsp3) is 0.312. The van der Waals surface area contributed by atoms with E-state index in [2.05, 4.69) is 0 Å². The summed E-state index contributed by atoms with van der Waals surface area (Å²) in [6, 6.07) is 13.7. The smallest absolute Gasteiger partial charge is 0.222 e. The van der Waals surface area contributed by atoms with Gasteiger partial charge in [0.1, 0.15) is 11.5 Å². The Morgan fingerprint density at radius 1 is 1.20 bits per heavy atom. The summed E-state index contributed by atoms with van der Waals surface area (Å²) in [6.07, 6.45) is 0.958. The number of nitrogens with zero attached hydrogens (tertiary/aromatic N) is 1. The highest BCUT2D eigenvalue weighted by Gasteiger charge is 2.10. The van der Waals surface area contributed by atoms with Crippen LogP contribution in [0.5, 0.6) is 0 Å². The minimum absolute atomic E-state index is 0.0108. The third-order valence-electron chi connectivity index (χ3n) is 3.17. The van der Waals surface area contributed by atoms with E-state index in [1.54, 1.807) is 7.05 Å². The summed E-state index contributed by atoms with van der Waals surface area (Å²) in [5.41, 5.74) is 1.03. The number of rotatable bonds is 6. The number of benzene rings is 1. The van der Waals surface area contributed by atoms with Gasteiger partial charge >= 0.3 is 0 Å². The lowest BCUT2D eigenvalue weighted by Crippen LogP contribution is -2.29. The number of furan rings is 1. The van der Waals surface area contributed by atoms with Crippen LogP contribution in [-0.2, 0) is 11.2 Å². The van der Waals surface area contributed by atoms with Crippen molar-refractivity contribution in [3.63, 3.8) is 0 Å². The van der Waals surface area contributed by atoms with Crippen LogP contribution in [0.4, 0.5) is 0 Å². The Hall–Kier alpha value is -2.07. The zero-order valence-electron chi connectivity index (χ0n) is 11.6. The molecule has 0 fully saturated rings. The topological polar surface area (TPSA) is 53.7 Å². The lowest BCUT2D eigenvalue weighted by atomic mass is 10.2. The Bertz CT molecular complexity index is 548. The summed E-state index contributed by atoms with van der Waals surface area (Å²) in [4.78, 5) is 13.3. The third-order valence-corrected chi connectivity index (χ3v) is 3.17. The van der Waals surface area contributed by atoms with Gasteiger partial charge in [-0.3, -0.25) is 4.79 Å². The largest absolute Gasteiger partial charge is 0.461 e. The molecule has 0 aliphatic rings. The van der Waals surface area contributed by atoms with Crippen LogP contribution in [0.25, 0.3) is 11.3 Å². The second-order valence-electron chi connectivity index (χ2n) is 4.67. The van der Waals surface area contributed by atoms with E-state index < -0.39 is 0 Å². The van der Waals surface area contributed by atoms with Crippen molar-refractivity contribution in [3.05, 3.63) is 48.2 Å². The summed E-state index contributed by atoms with van der Waals surface area (Å²) in [5, 5.41) is 8.79. The molecule has 1 amide bonds. The van der Waals surface area contributed by atoms with Crippen LogP contribution in [0.15, 0.2) is 46.9 Å². The molecule has 0 saturated carbocycles. The fourth-order valence-corrected chi connectivity index (χ4v) is 1.97. The van der Waals surface area contributed by atoms with Crippen molar-refractivity contribution in [2.75, 3.05) is 20.2 Å². The minimum atomic E-state index is -0.0128. The molecular formula is C16H19NO3. The van der Waals surface area contributed by atoms with E-state index in [0.717, 1.165) is 17.1 Å². The predicted octanol–water partition coefficient (Wildman–Crippen LogP) is 2.33. The second-order valence-corrected chi connectivity index (χ2v) is 4.67. The van der Waals surface area contributed by atoms with E-state index in [1.807, 2.05) is 42.5 Å². The van der Waals surface area contributed by atoms with E-state index in [4.69, 9.17) is 9.52 Å². The molecule has 4 heteroatoms. The van der Waals surface area contributed by atoms with Gasteiger partial charge in [-0.1, -0.05) is 30.3 Å². The molecule has 0 atom stereocenters. The molecule has 106 valence electrons. The molecule has 0 aliphatic heterocycles. The van der Waals surface area contributed by atoms with Gasteiger partial charge in [-0.15, -0.1) is 0 Å². The minimum Gasteiger partial charge on any atom is -0.461 e. The van der Waals surface area contributed by atoms with Crippen LogP contribution >= 0.6 is 0 Å². The van der Waals surface area contributed by atoms with Crippen molar-refractivity contribution in [1.82, 2.24) is 4.90 Å². The molecule has 1 aromatic carbocycles. The maximum Gasteiger partial charge on any atom is 0.222 e. The molecule has 4 nitrogen and oxygen atoms in total. The highest BCUT2D eigenvalue weighted by Crippen LogP contribution is 2.22. The number of amides is 1. The number of hydrogen-bond donors (Lipinski definition) is 1. The lowest BCUT2D eigenvalue weighted by molar-refractivity contribution is -0.130. The monoisotopic (exact) mass is 273 g/mol. The number of aliphatic hydroxyl groups is 1. The van der Waals surface area contributed by atoms with Gasteiger partial charge in [-0.25, -0.2) is 0 Å². The van der Waals surface area contributed by atoms with Gasteiger partial charge in [0, 0.05) is 32.0 Å². The van der Waals surface area contributed by atoms with Crippen LogP contribution in [-0.4, -0.2) is 36.1 Å². The first-order valence-corrected chi connectivity index (χ1v) is 6.69. The first-order valence-electron chi connectivity index (χ1n) is 6.69. The van der Waals surface area contributed by atoms with Crippen LogP contribution in [0.1, 0.15) is 12.2 Å². The molecule has 1 heterocycles. The molecule has 2 rings (SSSR count). The molecule has 0 bridgehead atoms. The van der Waals surface area contributed by atoms with Crippen molar-refractivity contribution in [3.8, 4) is 11.3 Å². The molecule has 2 aromatic rings. The summed E-state index contributed by atoms with van der Waals surface area (Å²) in [5.74, 6) is 1.63. The highest BCUT2D eigenvalue weighted by atomic mass is 16.3. The van der Waals surface area contributed by atoms with Crippen molar-refractivity contribution in [2.45, 2.75) is 12.8 Å². The average molecular weight is 273 g/mol. The van der Waals surface area contributed by atoms with Crippen molar-refractivity contribution in [2.24, 2.45) is 0 Å². The van der Waals surface area contributed by atoms with Crippen LogP contribution in [0, 0.1) is 0 Å². The standard InChI is InChI=1S/C16H19NO3/c1-17(11-12-18)16(19)10-8-14-7-9-15(20-14)13-5-3-2-4-6-13/h2-7,9,18H,8,10-12H2,1H3. The Kier molecular flexibility index (Phi) is 4.96. The number of likely N-dealkylation sites (N-methyl/N-ethyl adjacent to an activating group) is 1. The Morgan fingerprint density at radius 3 is 2.65 bits per heavy atom. The molecule has 0 saturated heterocycles. The molecule has 1 N–H and O–H groups in total. The molecule has 20 heavy (non-hydrogen) atoms. The van der Waals surface area contributed by atoms with Gasteiger partial charge < -0.3 is 14.4 Å². The molecule has 0 radical (unpaired) electrons. The van der Waals surface area contributed by atoms with Crippen LogP contribution in [0.2, 0.25) is 0 Å². The van der Waals surface area contributed by atoms with Crippen molar-refractivity contribution < 1.29 is 14.3 Å². The maximum atomic E-state index is 11.8. The second kappa shape index (κ2) is 6.91. The lowest BCUT2D eigenvalue weighted by Gasteiger charge is -2.14. The summed E-state index contributed by atoms with van der Waals surface area (Å²) in [6.45, 7) is 0.355. The van der Waals surface area contributed by atoms with E-state index in [9.17, 15) is 4.79 Å². The molecule has 0 unspecified atom stereocenters. The predicted molar refractivity (Wildman–Crippen MR) is 77.2 cm³/mol. The zero-order valence-corrected chi connectivity index (χ0v) is 11.6. The maximum absolute atomic E-state index is 11.8. The van der Waals surface area contributed by atoms with Gasteiger partial charge in [0.25, 0.3) is 0 Å². The Balaban J connectivity index is 1.92. The molecule has 0 spiro atoms. The zero-order chi connectivity index (χ0) is 14.4. The van der Waals surface area contributed by atoms with E-state index in [1.165, 1.54) is 4.90 Å². The molecular weight excluding hydrogens is 254 g/mol. The third kappa shape index (κ3) is 3.71. The fourth-order valence-electron chi connectivity index (χ4n) is 1.97. The number of carbonyl (C=O) groups is 1. The van der Waals surface area contributed by atoms with Crippen molar-refractivity contribution in [1.29, 1.82) is 0 Å². The van der Waals surface area contributed by atoms with Crippen LogP contribution < -0.4 is 0 Å². The summed E-state index contributed by atoms with van der Waals surface area (Å²) in [7, 11) is 1.69. The van der Waals surface area contributed by atoms with Gasteiger partial charge in [-0.2, -0.15) is 0 Å². The quantitative estimate of drug-likeness (QED) is 0.879. The molecule has 0 aliphatic carbocycles. The number of carbonyl (C=O) groups excluding carboxylic acids is 1. The van der Waals surface area contributed by atoms with Crippen molar-refractivity contribution >= 4 is 5.91 Å². The van der Waals surface area contributed by atoms with E-state index in [-0.39, 0.29) is 12.5 Å².